The molecule has 0 aliphatic carbocycles. The summed E-state index contributed by atoms with van der Waals surface area (Å²) < 4.78 is 10.4. The van der Waals surface area contributed by atoms with E-state index in [9.17, 15) is 9.59 Å². The van der Waals surface area contributed by atoms with Gasteiger partial charge in [-0.1, -0.05) is 29.8 Å². The predicted octanol–water partition coefficient (Wildman–Crippen LogP) is 5.12. The fraction of sp³-hybridized carbons (Fsp3) is 0.300. The van der Waals surface area contributed by atoms with Crippen molar-refractivity contribution in [3.63, 3.8) is 0 Å². The van der Waals surface area contributed by atoms with E-state index < -0.39 is 11.7 Å². The van der Waals surface area contributed by atoms with Crippen molar-refractivity contribution in [2.75, 3.05) is 12.4 Å². The number of carbonyl (C=O) groups is 2. The van der Waals surface area contributed by atoms with E-state index in [-0.39, 0.29) is 12.2 Å². The maximum Gasteiger partial charge on any atom is 0.412 e. The summed E-state index contributed by atoms with van der Waals surface area (Å²) in [6, 6.07) is 11.9. The molecule has 2 rings (SSSR count). The van der Waals surface area contributed by atoms with Crippen LogP contribution in [0.25, 0.3) is 0 Å². The van der Waals surface area contributed by atoms with Crippen molar-refractivity contribution in [3.8, 4) is 5.75 Å². The van der Waals surface area contributed by atoms with Gasteiger partial charge in [0, 0.05) is 22.7 Å². The van der Waals surface area contributed by atoms with Crippen molar-refractivity contribution in [1.82, 2.24) is 0 Å². The zero-order valence-corrected chi connectivity index (χ0v) is 16.0. The molecule has 0 fully saturated rings. The molecule has 26 heavy (non-hydrogen) atoms. The molecule has 1 N–H and O–H groups in total. The fourth-order valence-electron chi connectivity index (χ4n) is 2.30. The van der Waals surface area contributed by atoms with Crippen LogP contribution in [0.1, 0.15) is 36.7 Å². The molecule has 0 aliphatic heterocycles. The first-order chi connectivity index (χ1) is 12.2. The van der Waals surface area contributed by atoms with Crippen molar-refractivity contribution in [2.45, 2.75) is 32.8 Å². The van der Waals surface area contributed by atoms with Crippen molar-refractivity contribution in [2.24, 2.45) is 0 Å². The van der Waals surface area contributed by atoms with Crippen LogP contribution in [0.3, 0.4) is 0 Å². The van der Waals surface area contributed by atoms with Crippen molar-refractivity contribution < 1.29 is 19.1 Å². The molecule has 0 atom stereocenters. The van der Waals surface area contributed by atoms with E-state index in [1.807, 2.05) is 0 Å². The van der Waals surface area contributed by atoms with E-state index in [1.54, 1.807) is 70.3 Å². The average molecular weight is 376 g/mol. The average Bonchev–Trinajstić information content (AvgIpc) is 2.55. The maximum atomic E-state index is 12.6. The maximum absolute atomic E-state index is 12.6. The van der Waals surface area contributed by atoms with Crippen LogP contribution in [-0.2, 0) is 11.2 Å². The van der Waals surface area contributed by atoms with Crippen LogP contribution >= 0.6 is 11.6 Å². The normalized spacial score (nSPS) is 11.0. The highest BCUT2D eigenvalue weighted by molar-refractivity contribution is 6.31. The van der Waals surface area contributed by atoms with Gasteiger partial charge in [0.15, 0.2) is 5.78 Å². The highest BCUT2D eigenvalue weighted by Crippen LogP contribution is 2.24. The summed E-state index contributed by atoms with van der Waals surface area (Å²) in [5.74, 6) is 0.512. The van der Waals surface area contributed by atoms with Gasteiger partial charge in [-0.25, -0.2) is 4.79 Å². The van der Waals surface area contributed by atoms with Crippen LogP contribution in [0.2, 0.25) is 5.02 Å². The second-order valence-electron chi connectivity index (χ2n) is 6.76. The number of ketones is 1. The Morgan fingerprint density at radius 2 is 1.85 bits per heavy atom. The molecule has 0 heterocycles. The third-order valence-corrected chi connectivity index (χ3v) is 3.69. The molecule has 5 nitrogen and oxygen atoms in total. The monoisotopic (exact) mass is 375 g/mol. The largest absolute Gasteiger partial charge is 0.497 e. The lowest BCUT2D eigenvalue weighted by Gasteiger charge is -2.20. The summed E-state index contributed by atoms with van der Waals surface area (Å²) >= 11 is 6.03. The number of rotatable bonds is 5. The number of nitrogens with one attached hydrogen (secondary N) is 1. The van der Waals surface area contributed by atoms with Crippen molar-refractivity contribution in [3.05, 3.63) is 58.6 Å². The van der Waals surface area contributed by atoms with Gasteiger partial charge in [0.25, 0.3) is 0 Å². The fourth-order valence-corrected chi connectivity index (χ4v) is 2.48. The Labute approximate surface area is 158 Å². The molecular weight excluding hydrogens is 354 g/mol. The first-order valence-corrected chi connectivity index (χ1v) is 8.51. The van der Waals surface area contributed by atoms with Gasteiger partial charge in [0.2, 0.25) is 0 Å². The highest BCUT2D eigenvalue weighted by Gasteiger charge is 2.18. The topological polar surface area (TPSA) is 64.6 Å². The predicted molar refractivity (Wildman–Crippen MR) is 102 cm³/mol. The van der Waals surface area contributed by atoms with Gasteiger partial charge in [-0.15, -0.1) is 0 Å². The van der Waals surface area contributed by atoms with Gasteiger partial charge < -0.3 is 9.47 Å². The van der Waals surface area contributed by atoms with E-state index in [1.165, 1.54) is 0 Å². The Kier molecular flexibility index (Phi) is 6.27. The highest BCUT2D eigenvalue weighted by atomic mass is 35.5. The molecule has 0 spiro atoms. The molecule has 0 saturated carbocycles. The second kappa shape index (κ2) is 8.23. The van der Waals surface area contributed by atoms with Gasteiger partial charge in [-0.3, -0.25) is 10.1 Å². The number of anilines is 1. The Morgan fingerprint density at radius 1 is 1.12 bits per heavy atom. The Morgan fingerprint density at radius 3 is 2.50 bits per heavy atom. The number of halogens is 1. The first kappa shape index (κ1) is 19.8. The lowest BCUT2D eigenvalue weighted by molar-refractivity contribution is 0.0635. The minimum Gasteiger partial charge on any atom is -0.497 e. The lowest BCUT2D eigenvalue weighted by Crippen LogP contribution is -2.27. The van der Waals surface area contributed by atoms with Gasteiger partial charge in [-0.2, -0.15) is 0 Å². The third-order valence-electron chi connectivity index (χ3n) is 3.45. The van der Waals surface area contributed by atoms with Gasteiger partial charge in [0.05, 0.1) is 7.11 Å². The van der Waals surface area contributed by atoms with Gasteiger partial charge in [-0.05, 0) is 50.6 Å². The van der Waals surface area contributed by atoms with Crippen molar-refractivity contribution >= 4 is 29.2 Å². The van der Waals surface area contributed by atoms with E-state index in [2.05, 4.69) is 5.32 Å². The number of hydrogen-bond acceptors (Lipinski definition) is 4. The number of benzene rings is 2. The van der Waals surface area contributed by atoms with Gasteiger partial charge in [0.1, 0.15) is 11.4 Å². The molecule has 0 bridgehead atoms. The number of ether oxygens (including phenoxy) is 2. The summed E-state index contributed by atoms with van der Waals surface area (Å²) in [6.45, 7) is 5.33. The van der Waals surface area contributed by atoms with Crippen LogP contribution in [0.4, 0.5) is 10.5 Å². The molecule has 6 heteroatoms. The number of amides is 1. The Balaban J connectivity index is 2.21. The van der Waals surface area contributed by atoms with Crippen LogP contribution in [0.5, 0.6) is 5.75 Å². The molecular formula is C20H22ClNO4. The molecule has 0 aromatic heterocycles. The quantitative estimate of drug-likeness (QED) is 0.736. The molecule has 138 valence electrons. The van der Waals surface area contributed by atoms with Crippen LogP contribution in [-0.4, -0.2) is 24.6 Å². The standard InChI is InChI=1S/C20H22ClNO4/c1-20(2,3)26-19(24)22-17-12-15(21)9-8-13(17)11-18(23)14-6-5-7-16(10-14)25-4/h5-10,12H,11H2,1-4H3,(H,22,24). The minimum absolute atomic E-state index is 0.0986. The molecule has 2 aromatic rings. The zero-order chi connectivity index (χ0) is 19.3. The third kappa shape index (κ3) is 5.77. The van der Waals surface area contributed by atoms with E-state index in [0.29, 0.717) is 27.6 Å². The summed E-state index contributed by atoms with van der Waals surface area (Å²) in [6.07, 6.45) is -0.495. The Bertz CT molecular complexity index is 812. The lowest BCUT2D eigenvalue weighted by atomic mass is 10.0. The number of hydrogen-bond donors (Lipinski definition) is 1. The SMILES string of the molecule is COc1cccc(C(=O)Cc2ccc(Cl)cc2NC(=O)OC(C)(C)C)c1. The number of methoxy groups -OCH3 is 1. The summed E-state index contributed by atoms with van der Waals surface area (Å²) in [5, 5.41) is 3.12. The summed E-state index contributed by atoms with van der Waals surface area (Å²) in [4.78, 5) is 24.7. The Hall–Kier alpha value is -2.53. The summed E-state index contributed by atoms with van der Waals surface area (Å²) in [5.41, 5.74) is 0.998. The second-order valence-corrected chi connectivity index (χ2v) is 7.20. The van der Waals surface area contributed by atoms with E-state index in [0.717, 1.165) is 0 Å². The van der Waals surface area contributed by atoms with Crippen molar-refractivity contribution in [1.29, 1.82) is 0 Å². The van der Waals surface area contributed by atoms with Gasteiger partial charge >= 0.3 is 6.09 Å². The number of Topliss-reactive ketones (excluding diaryl/α,β-unsaturated/α-hetero) is 1. The molecule has 0 aliphatic rings. The van der Waals surface area contributed by atoms with Crippen LogP contribution in [0, 0.1) is 0 Å². The van der Waals surface area contributed by atoms with Crippen LogP contribution in [0.15, 0.2) is 42.5 Å². The minimum atomic E-state index is -0.626. The van der Waals surface area contributed by atoms with E-state index in [4.69, 9.17) is 21.1 Å². The smallest absolute Gasteiger partial charge is 0.412 e. The van der Waals surface area contributed by atoms with Crippen LogP contribution < -0.4 is 10.1 Å². The summed E-state index contributed by atoms with van der Waals surface area (Å²) in [7, 11) is 1.55. The molecule has 0 unspecified atom stereocenters. The molecule has 2 aromatic carbocycles. The zero-order valence-electron chi connectivity index (χ0n) is 15.3. The molecule has 0 radical (unpaired) electrons. The molecule has 1 amide bonds. The molecule has 0 saturated heterocycles. The van der Waals surface area contributed by atoms with E-state index >= 15 is 0 Å². The first-order valence-electron chi connectivity index (χ1n) is 8.13. The number of carbonyl (C=O) groups excluding carboxylic acids is 2.